The molecule has 0 unspecified atom stereocenters. The first-order chi connectivity index (χ1) is 9.49. The first-order valence-corrected chi connectivity index (χ1v) is 6.37. The van der Waals surface area contributed by atoms with Crippen LogP contribution in [0.15, 0.2) is 24.5 Å². The fraction of sp³-hybridized carbons (Fsp3) is 0.357. The molecule has 0 amide bonds. The molecule has 0 aliphatic heterocycles. The number of hydrogen-bond acceptors (Lipinski definition) is 4. The van der Waals surface area contributed by atoms with E-state index in [-0.39, 0.29) is 17.1 Å². The zero-order valence-corrected chi connectivity index (χ0v) is 11.3. The summed E-state index contributed by atoms with van der Waals surface area (Å²) in [4.78, 5) is 19.2. The van der Waals surface area contributed by atoms with Gasteiger partial charge in [0.15, 0.2) is 0 Å². The van der Waals surface area contributed by atoms with Crippen LogP contribution in [0.4, 0.5) is 10.2 Å². The fourth-order valence-electron chi connectivity index (χ4n) is 2.04. The van der Waals surface area contributed by atoms with Crippen molar-refractivity contribution in [3.63, 3.8) is 0 Å². The largest absolute Gasteiger partial charge is 0.480 e. The number of benzene rings is 1. The number of carboxylic acid groups (broad SMARTS) is 1. The maximum absolute atomic E-state index is 13.9. The summed E-state index contributed by atoms with van der Waals surface area (Å²) in [5, 5.41) is 12.2. The Labute approximate surface area is 115 Å². The minimum Gasteiger partial charge on any atom is -0.480 e. The number of aliphatic carboxylic acids is 1. The molecule has 0 saturated heterocycles. The van der Waals surface area contributed by atoms with Crippen LogP contribution in [0.25, 0.3) is 10.9 Å². The van der Waals surface area contributed by atoms with Gasteiger partial charge in [0.25, 0.3) is 0 Å². The lowest BCUT2D eigenvalue weighted by Crippen LogP contribution is -2.31. The molecule has 1 aromatic heterocycles. The SMILES string of the molecule is CC(C)C[C@@H](Nc1ncnc2cccc(F)c12)C(=O)O. The number of hydrogen-bond donors (Lipinski definition) is 2. The van der Waals surface area contributed by atoms with Crippen molar-refractivity contribution >= 4 is 22.7 Å². The lowest BCUT2D eigenvalue weighted by atomic mass is 10.0. The van der Waals surface area contributed by atoms with Crippen LogP contribution in [0.3, 0.4) is 0 Å². The number of rotatable bonds is 5. The standard InChI is InChI=1S/C14H16FN3O2/c1-8(2)6-11(14(19)20)18-13-12-9(15)4-3-5-10(12)16-7-17-13/h3-5,7-8,11H,6H2,1-2H3,(H,19,20)(H,16,17,18)/t11-/m1/s1. The second kappa shape index (κ2) is 5.81. The summed E-state index contributed by atoms with van der Waals surface area (Å²) in [6.07, 6.45) is 1.72. The highest BCUT2D eigenvalue weighted by Gasteiger charge is 2.21. The predicted octanol–water partition coefficient (Wildman–Crippen LogP) is 2.68. The molecule has 0 saturated carbocycles. The number of nitrogens with one attached hydrogen (secondary N) is 1. The Morgan fingerprint density at radius 3 is 2.80 bits per heavy atom. The third-order valence-electron chi connectivity index (χ3n) is 2.93. The molecule has 5 nitrogen and oxygen atoms in total. The van der Waals surface area contributed by atoms with Crippen molar-refractivity contribution in [2.75, 3.05) is 5.32 Å². The zero-order chi connectivity index (χ0) is 14.7. The normalized spacial score (nSPS) is 12.6. The molecule has 6 heteroatoms. The van der Waals surface area contributed by atoms with Crippen molar-refractivity contribution in [3.8, 4) is 0 Å². The van der Waals surface area contributed by atoms with Crippen molar-refractivity contribution in [2.24, 2.45) is 5.92 Å². The van der Waals surface area contributed by atoms with Crippen molar-refractivity contribution in [1.29, 1.82) is 0 Å². The highest BCUT2D eigenvalue weighted by Crippen LogP contribution is 2.23. The molecule has 1 heterocycles. The Morgan fingerprint density at radius 1 is 1.40 bits per heavy atom. The molecule has 0 aliphatic rings. The predicted molar refractivity (Wildman–Crippen MR) is 74.0 cm³/mol. The first-order valence-electron chi connectivity index (χ1n) is 6.37. The highest BCUT2D eigenvalue weighted by atomic mass is 19.1. The molecule has 0 aliphatic carbocycles. The lowest BCUT2D eigenvalue weighted by molar-refractivity contribution is -0.138. The number of aromatic nitrogens is 2. The molecule has 0 bridgehead atoms. The van der Waals surface area contributed by atoms with Gasteiger partial charge < -0.3 is 10.4 Å². The van der Waals surface area contributed by atoms with E-state index in [1.807, 2.05) is 13.8 Å². The van der Waals surface area contributed by atoms with E-state index in [1.54, 1.807) is 12.1 Å². The molecule has 0 radical (unpaired) electrons. The summed E-state index contributed by atoms with van der Waals surface area (Å²) in [7, 11) is 0. The highest BCUT2D eigenvalue weighted by molar-refractivity contribution is 5.91. The number of anilines is 1. The van der Waals surface area contributed by atoms with Gasteiger partial charge in [-0.1, -0.05) is 19.9 Å². The third kappa shape index (κ3) is 3.01. The first kappa shape index (κ1) is 14.2. The minimum absolute atomic E-state index is 0.196. The van der Waals surface area contributed by atoms with E-state index < -0.39 is 17.8 Å². The van der Waals surface area contributed by atoms with E-state index in [0.29, 0.717) is 11.9 Å². The molecule has 20 heavy (non-hydrogen) atoms. The van der Waals surface area contributed by atoms with E-state index in [1.165, 1.54) is 12.4 Å². The number of nitrogens with zero attached hydrogens (tertiary/aromatic N) is 2. The molecule has 0 spiro atoms. The van der Waals surface area contributed by atoms with Gasteiger partial charge in [-0.3, -0.25) is 0 Å². The summed E-state index contributed by atoms with van der Waals surface area (Å²) >= 11 is 0. The molecule has 1 atom stereocenters. The van der Waals surface area contributed by atoms with Crippen molar-refractivity contribution in [1.82, 2.24) is 9.97 Å². The Morgan fingerprint density at radius 2 is 2.15 bits per heavy atom. The van der Waals surface area contributed by atoms with E-state index in [2.05, 4.69) is 15.3 Å². The van der Waals surface area contributed by atoms with Gasteiger partial charge in [0.2, 0.25) is 0 Å². The van der Waals surface area contributed by atoms with Gasteiger partial charge >= 0.3 is 5.97 Å². The average Bonchev–Trinajstić information content (AvgIpc) is 2.37. The van der Waals surface area contributed by atoms with Crippen LogP contribution in [-0.4, -0.2) is 27.1 Å². The van der Waals surface area contributed by atoms with Gasteiger partial charge in [-0.2, -0.15) is 0 Å². The monoisotopic (exact) mass is 277 g/mol. The summed E-state index contributed by atoms with van der Waals surface area (Å²) in [5.74, 6) is -1.05. The third-order valence-corrected chi connectivity index (χ3v) is 2.93. The van der Waals surface area contributed by atoms with Gasteiger partial charge in [0, 0.05) is 0 Å². The maximum atomic E-state index is 13.9. The molecule has 2 N–H and O–H groups in total. The number of carbonyl (C=O) groups is 1. The number of fused-ring (bicyclic) bond motifs is 1. The smallest absolute Gasteiger partial charge is 0.326 e. The van der Waals surface area contributed by atoms with Crippen LogP contribution in [-0.2, 0) is 4.79 Å². The van der Waals surface area contributed by atoms with E-state index in [0.717, 1.165) is 0 Å². The van der Waals surface area contributed by atoms with Crippen molar-refractivity contribution in [2.45, 2.75) is 26.3 Å². The molecule has 2 aromatic rings. The topological polar surface area (TPSA) is 75.1 Å². The molecule has 1 aromatic carbocycles. The fourth-order valence-corrected chi connectivity index (χ4v) is 2.04. The van der Waals surface area contributed by atoms with Crippen LogP contribution in [0.5, 0.6) is 0 Å². The molecular formula is C14H16FN3O2. The number of halogens is 1. The Balaban J connectivity index is 2.39. The van der Waals surface area contributed by atoms with E-state index in [9.17, 15) is 14.3 Å². The average molecular weight is 277 g/mol. The maximum Gasteiger partial charge on any atom is 0.326 e. The summed E-state index contributed by atoms with van der Waals surface area (Å²) in [6.45, 7) is 3.85. The van der Waals surface area contributed by atoms with Crippen LogP contribution < -0.4 is 5.32 Å². The number of carboxylic acids is 1. The Hall–Kier alpha value is -2.24. The van der Waals surface area contributed by atoms with Crippen LogP contribution in [0.2, 0.25) is 0 Å². The van der Waals surface area contributed by atoms with Crippen molar-refractivity contribution in [3.05, 3.63) is 30.3 Å². The van der Waals surface area contributed by atoms with Crippen LogP contribution >= 0.6 is 0 Å². The summed E-state index contributed by atoms with van der Waals surface area (Å²) in [6, 6.07) is 3.70. The van der Waals surface area contributed by atoms with Crippen LogP contribution in [0, 0.1) is 11.7 Å². The summed E-state index contributed by atoms with van der Waals surface area (Å²) in [5.41, 5.74) is 0.441. The Bertz CT molecular complexity index is 626. The molecule has 2 rings (SSSR count). The van der Waals surface area contributed by atoms with E-state index >= 15 is 0 Å². The Kier molecular flexibility index (Phi) is 4.12. The van der Waals surface area contributed by atoms with Gasteiger partial charge in [0.05, 0.1) is 10.9 Å². The van der Waals surface area contributed by atoms with Gasteiger partial charge in [-0.25, -0.2) is 19.2 Å². The molecular weight excluding hydrogens is 261 g/mol. The minimum atomic E-state index is -0.984. The van der Waals surface area contributed by atoms with E-state index in [4.69, 9.17) is 0 Å². The van der Waals surface area contributed by atoms with Crippen molar-refractivity contribution < 1.29 is 14.3 Å². The van der Waals surface area contributed by atoms with Crippen LogP contribution in [0.1, 0.15) is 20.3 Å². The van der Waals surface area contributed by atoms with Gasteiger partial charge in [-0.15, -0.1) is 0 Å². The second-order valence-corrected chi connectivity index (χ2v) is 5.02. The zero-order valence-electron chi connectivity index (χ0n) is 11.3. The van der Waals surface area contributed by atoms with Gasteiger partial charge in [0.1, 0.15) is 24.0 Å². The molecule has 0 fully saturated rings. The summed E-state index contributed by atoms with van der Waals surface area (Å²) < 4.78 is 13.9. The lowest BCUT2D eigenvalue weighted by Gasteiger charge is -2.18. The van der Waals surface area contributed by atoms with Gasteiger partial charge in [-0.05, 0) is 24.5 Å². The second-order valence-electron chi connectivity index (χ2n) is 5.02. The molecule has 106 valence electrons. The quantitative estimate of drug-likeness (QED) is 0.878.